The van der Waals surface area contributed by atoms with Gasteiger partial charge >= 0.3 is 0 Å². The summed E-state index contributed by atoms with van der Waals surface area (Å²) in [6.45, 7) is 1.70. The van der Waals surface area contributed by atoms with Crippen molar-refractivity contribution < 1.29 is 8.42 Å². The fourth-order valence-electron chi connectivity index (χ4n) is 3.80. The number of benzene rings is 2. The topological polar surface area (TPSA) is 64.0 Å². The lowest BCUT2D eigenvalue weighted by atomic mass is 10.00. The minimum absolute atomic E-state index is 0.264. The van der Waals surface area contributed by atoms with Crippen molar-refractivity contribution in [3.63, 3.8) is 0 Å². The molecule has 0 spiro atoms. The molecule has 6 heteroatoms. The summed E-state index contributed by atoms with van der Waals surface area (Å²) in [5.74, 6) is 0. The molecule has 0 saturated carbocycles. The van der Waals surface area contributed by atoms with Crippen molar-refractivity contribution in [2.24, 2.45) is 0 Å². The van der Waals surface area contributed by atoms with Crippen LogP contribution in [0.15, 0.2) is 78.0 Å². The third-order valence-electron chi connectivity index (χ3n) is 5.22. The summed E-state index contributed by atoms with van der Waals surface area (Å²) in [6, 6.07) is 16.4. The SMILES string of the molecule is O=S(=O)(c1ccc2ncccc2c1)n1cc(C2=CCNCC2)c2ccccc21. The van der Waals surface area contributed by atoms with Crippen molar-refractivity contribution in [3.05, 3.63) is 78.6 Å². The molecule has 0 unspecified atom stereocenters. The second-order valence-electron chi connectivity index (χ2n) is 6.90. The van der Waals surface area contributed by atoms with E-state index in [2.05, 4.69) is 16.4 Å². The Morgan fingerprint density at radius 2 is 1.93 bits per heavy atom. The highest BCUT2D eigenvalue weighted by Gasteiger charge is 2.23. The van der Waals surface area contributed by atoms with Crippen LogP contribution in [0.5, 0.6) is 0 Å². The van der Waals surface area contributed by atoms with Crippen molar-refractivity contribution in [2.45, 2.75) is 11.3 Å². The van der Waals surface area contributed by atoms with Gasteiger partial charge in [0.2, 0.25) is 0 Å². The number of hydrogen-bond acceptors (Lipinski definition) is 4. The monoisotopic (exact) mass is 389 g/mol. The molecule has 5 rings (SSSR count). The Morgan fingerprint density at radius 3 is 2.79 bits per heavy atom. The van der Waals surface area contributed by atoms with E-state index >= 15 is 0 Å². The van der Waals surface area contributed by atoms with Gasteiger partial charge in [0.05, 0.1) is 15.9 Å². The molecule has 140 valence electrons. The van der Waals surface area contributed by atoms with Crippen LogP contribution in [-0.4, -0.2) is 30.5 Å². The summed E-state index contributed by atoms with van der Waals surface area (Å²) >= 11 is 0. The van der Waals surface area contributed by atoms with Gasteiger partial charge in [0, 0.05) is 35.3 Å². The Kier molecular flexibility index (Phi) is 4.03. The minimum atomic E-state index is -3.73. The molecule has 1 aliphatic heterocycles. The number of nitrogens with zero attached hydrogens (tertiary/aromatic N) is 2. The van der Waals surface area contributed by atoms with Crippen LogP contribution in [0.1, 0.15) is 12.0 Å². The molecule has 0 amide bonds. The van der Waals surface area contributed by atoms with Gasteiger partial charge in [-0.1, -0.05) is 30.3 Å². The number of hydrogen-bond donors (Lipinski definition) is 1. The largest absolute Gasteiger partial charge is 0.313 e. The van der Waals surface area contributed by atoms with Gasteiger partial charge in [-0.2, -0.15) is 0 Å². The molecule has 0 bridgehead atoms. The van der Waals surface area contributed by atoms with Crippen molar-refractivity contribution in [1.29, 1.82) is 0 Å². The Balaban J connectivity index is 1.72. The van der Waals surface area contributed by atoms with Gasteiger partial charge < -0.3 is 5.32 Å². The van der Waals surface area contributed by atoms with Gasteiger partial charge in [-0.25, -0.2) is 12.4 Å². The predicted octanol–water partition coefficient (Wildman–Crippen LogP) is 3.80. The van der Waals surface area contributed by atoms with Crippen molar-refractivity contribution >= 4 is 37.4 Å². The van der Waals surface area contributed by atoms with E-state index in [0.717, 1.165) is 41.4 Å². The summed E-state index contributed by atoms with van der Waals surface area (Å²) in [4.78, 5) is 4.54. The van der Waals surface area contributed by atoms with Crippen LogP contribution in [0, 0.1) is 0 Å². The molecule has 0 radical (unpaired) electrons. The maximum absolute atomic E-state index is 13.5. The van der Waals surface area contributed by atoms with Gasteiger partial charge in [0.1, 0.15) is 0 Å². The molecule has 0 saturated heterocycles. The first-order chi connectivity index (χ1) is 13.6. The Labute approximate surface area is 163 Å². The number of para-hydroxylation sites is 1. The maximum Gasteiger partial charge on any atom is 0.268 e. The first-order valence-corrected chi connectivity index (χ1v) is 10.7. The molecule has 2 aromatic heterocycles. The lowest BCUT2D eigenvalue weighted by Gasteiger charge is -2.13. The van der Waals surface area contributed by atoms with E-state index < -0.39 is 10.0 Å². The predicted molar refractivity (Wildman–Crippen MR) is 112 cm³/mol. The molecule has 0 atom stereocenters. The fraction of sp³-hybridized carbons (Fsp3) is 0.136. The lowest BCUT2D eigenvalue weighted by Crippen LogP contribution is -2.20. The first kappa shape index (κ1) is 17.2. The van der Waals surface area contributed by atoms with E-state index in [1.54, 1.807) is 30.6 Å². The molecule has 1 aliphatic rings. The van der Waals surface area contributed by atoms with Gasteiger partial charge in [0.15, 0.2) is 0 Å². The minimum Gasteiger partial charge on any atom is -0.313 e. The molecule has 4 aromatic rings. The Morgan fingerprint density at radius 1 is 1.04 bits per heavy atom. The fourth-order valence-corrected chi connectivity index (χ4v) is 5.20. The number of pyridine rings is 1. The van der Waals surface area contributed by atoms with Crippen LogP contribution in [0.4, 0.5) is 0 Å². The number of aromatic nitrogens is 2. The van der Waals surface area contributed by atoms with E-state index in [1.165, 1.54) is 9.55 Å². The van der Waals surface area contributed by atoms with E-state index in [0.29, 0.717) is 5.52 Å². The quantitative estimate of drug-likeness (QED) is 0.579. The highest BCUT2D eigenvalue weighted by atomic mass is 32.2. The van der Waals surface area contributed by atoms with Crippen molar-refractivity contribution in [1.82, 2.24) is 14.3 Å². The highest BCUT2D eigenvalue weighted by Crippen LogP contribution is 2.32. The van der Waals surface area contributed by atoms with Crippen LogP contribution in [-0.2, 0) is 10.0 Å². The van der Waals surface area contributed by atoms with Crippen LogP contribution < -0.4 is 5.32 Å². The number of fused-ring (bicyclic) bond motifs is 2. The average Bonchev–Trinajstić information content (AvgIpc) is 3.14. The zero-order chi connectivity index (χ0) is 19.1. The van der Waals surface area contributed by atoms with Crippen molar-refractivity contribution in [2.75, 3.05) is 13.1 Å². The molecule has 0 fully saturated rings. The molecule has 1 N–H and O–H groups in total. The number of nitrogens with one attached hydrogen (secondary N) is 1. The molecule has 3 heterocycles. The molecular weight excluding hydrogens is 370 g/mol. The molecular formula is C22H19N3O2S. The summed E-state index contributed by atoms with van der Waals surface area (Å²) in [6.07, 6.45) is 6.50. The van der Waals surface area contributed by atoms with Crippen LogP contribution in [0.2, 0.25) is 0 Å². The molecule has 28 heavy (non-hydrogen) atoms. The first-order valence-electron chi connectivity index (χ1n) is 9.25. The summed E-state index contributed by atoms with van der Waals surface area (Å²) in [5, 5.41) is 5.07. The van der Waals surface area contributed by atoms with E-state index in [1.807, 2.05) is 36.4 Å². The second kappa shape index (κ2) is 6.58. The molecule has 2 aromatic carbocycles. The molecule has 5 nitrogen and oxygen atoms in total. The summed E-state index contributed by atoms with van der Waals surface area (Å²) < 4.78 is 28.4. The molecule has 0 aliphatic carbocycles. The number of rotatable bonds is 3. The smallest absolute Gasteiger partial charge is 0.268 e. The summed E-state index contributed by atoms with van der Waals surface area (Å²) in [7, 11) is -3.73. The van der Waals surface area contributed by atoms with Gasteiger partial charge in [0.25, 0.3) is 10.0 Å². The van der Waals surface area contributed by atoms with Crippen molar-refractivity contribution in [3.8, 4) is 0 Å². The zero-order valence-electron chi connectivity index (χ0n) is 15.2. The standard InChI is InChI=1S/C22H19N3O2S/c26-28(27,18-7-8-21-17(14-18)4-3-11-24-21)25-15-20(16-9-12-23-13-10-16)19-5-1-2-6-22(19)25/h1-9,11,14-15,23H,10,12-13H2. The van der Waals surface area contributed by atoms with Crippen LogP contribution in [0.3, 0.4) is 0 Å². The normalized spacial score (nSPS) is 15.1. The van der Waals surface area contributed by atoms with Gasteiger partial charge in [-0.15, -0.1) is 0 Å². The van der Waals surface area contributed by atoms with Gasteiger partial charge in [-0.05, 0) is 48.9 Å². The van der Waals surface area contributed by atoms with Crippen LogP contribution >= 0.6 is 0 Å². The zero-order valence-corrected chi connectivity index (χ0v) is 16.0. The third-order valence-corrected chi connectivity index (χ3v) is 6.89. The Bertz CT molecular complexity index is 1340. The van der Waals surface area contributed by atoms with Gasteiger partial charge in [-0.3, -0.25) is 4.98 Å². The highest BCUT2D eigenvalue weighted by molar-refractivity contribution is 7.90. The van der Waals surface area contributed by atoms with E-state index in [9.17, 15) is 8.42 Å². The third kappa shape index (κ3) is 2.73. The van der Waals surface area contributed by atoms with E-state index in [4.69, 9.17) is 0 Å². The Hall–Kier alpha value is -2.96. The van der Waals surface area contributed by atoms with E-state index in [-0.39, 0.29) is 4.90 Å². The second-order valence-corrected chi connectivity index (χ2v) is 8.72. The van der Waals surface area contributed by atoms with Crippen LogP contribution in [0.25, 0.3) is 27.4 Å². The maximum atomic E-state index is 13.5. The lowest BCUT2D eigenvalue weighted by molar-refractivity contribution is 0.589. The average molecular weight is 389 g/mol. The summed E-state index contributed by atoms with van der Waals surface area (Å²) in [5.41, 5.74) is 3.65.